The Kier molecular flexibility index (Phi) is 4.20. The van der Waals surface area contributed by atoms with Gasteiger partial charge in [-0.05, 0) is 12.1 Å². The largest absolute Gasteiger partial charge is 0.573 e. The molecule has 1 aliphatic rings. The lowest BCUT2D eigenvalue weighted by atomic mass is 10.3. The molecule has 0 bridgehead atoms. The van der Waals surface area contributed by atoms with Crippen LogP contribution in [0.4, 0.5) is 23.7 Å². The summed E-state index contributed by atoms with van der Waals surface area (Å²) in [6.07, 6.45) is -4.78. The first-order chi connectivity index (χ1) is 9.85. The summed E-state index contributed by atoms with van der Waals surface area (Å²) < 4.78 is 40.0. The second-order valence-corrected chi connectivity index (χ2v) is 4.21. The van der Waals surface area contributed by atoms with Gasteiger partial charge < -0.3 is 15.4 Å². The molecule has 1 saturated heterocycles. The van der Waals surface area contributed by atoms with Crippen LogP contribution in [-0.2, 0) is 4.79 Å². The van der Waals surface area contributed by atoms with Crippen molar-refractivity contribution in [1.29, 1.82) is 0 Å². The van der Waals surface area contributed by atoms with Crippen molar-refractivity contribution in [3.05, 3.63) is 24.3 Å². The van der Waals surface area contributed by atoms with E-state index in [1.54, 1.807) is 0 Å². The first kappa shape index (κ1) is 14.9. The van der Waals surface area contributed by atoms with Gasteiger partial charge in [-0.1, -0.05) is 6.07 Å². The van der Waals surface area contributed by atoms with Gasteiger partial charge in [-0.3, -0.25) is 9.69 Å². The van der Waals surface area contributed by atoms with Crippen LogP contribution in [0.3, 0.4) is 0 Å². The van der Waals surface area contributed by atoms with E-state index in [0.717, 1.165) is 17.0 Å². The smallest absolute Gasteiger partial charge is 0.406 e. The predicted molar refractivity (Wildman–Crippen MR) is 66.7 cm³/mol. The Labute approximate surface area is 117 Å². The molecule has 0 spiro atoms. The average molecular weight is 303 g/mol. The van der Waals surface area contributed by atoms with E-state index in [9.17, 15) is 22.8 Å². The molecule has 1 aromatic carbocycles. The number of alkyl halides is 3. The third-order valence-electron chi connectivity index (χ3n) is 2.67. The number of hydrogen-bond donors (Lipinski definition) is 2. The normalized spacial score (nSPS) is 14.8. The van der Waals surface area contributed by atoms with Gasteiger partial charge in [0.25, 0.3) is 0 Å². The first-order valence-electron chi connectivity index (χ1n) is 6.03. The van der Waals surface area contributed by atoms with E-state index in [0.29, 0.717) is 6.54 Å². The van der Waals surface area contributed by atoms with Crippen molar-refractivity contribution in [3.63, 3.8) is 0 Å². The molecule has 2 N–H and O–H groups in total. The van der Waals surface area contributed by atoms with Gasteiger partial charge in [-0.2, -0.15) is 0 Å². The summed E-state index contributed by atoms with van der Waals surface area (Å²) in [5.74, 6) is -0.856. The Morgan fingerprint density at radius 2 is 2.19 bits per heavy atom. The fraction of sp³-hybridized carbons (Fsp3) is 0.333. The Hall–Kier alpha value is -2.45. The Morgan fingerprint density at radius 3 is 2.81 bits per heavy atom. The molecule has 0 atom stereocenters. The van der Waals surface area contributed by atoms with Gasteiger partial charge in [0.2, 0.25) is 5.91 Å². The zero-order valence-electron chi connectivity index (χ0n) is 10.7. The highest BCUT2D eigenvalue weighted by atomic mass is 19.4. The van der Waals surface area contributed by atoms with Crippen molar-refractivity contribution in [2.24, 2.45) is 0 Å². The van der Waals surface area contributed by atoms with Gasteiger partial charge in [0.15, 0.2) is 0 Å². The molecule has 0 radical (unpaired) electrons. The number of urea groups is 1. The van der Waals surface area contributed by atoms with Crippen LogP contribution in [0, 0.1) is 0 Å². The molecular weight excluding hydrogens is 291 g/mol. The van der Waals surface area contributed by atoms with Crippen molar-refractivity contribution < 1.29 is 27.5 Å². The molecule has 6 nitrogen and oxygen atoms in total. The lowest BCUT2D eigenvalue weighted by molar-refractivity contribution is -0.274. The molecule has 2 rings (SSSR count). The summed E-state index contributed by atoms with van der Waals surface area (Å²) in [4.78, 5) is 24.0. The summed E-state index contributed by atoms with van der Waals surface area (Å²) in [7, 11) is 0. The quantitative estimate of drug-likeness (QED) is 0.885. The molecule has 114 valence electrons. The standard InChI is InChI=1S/C12H12F3N3O3/c13-12(14,15)21-9-3-1-2-8(6-9)17-7-10(19)18-5-4-16-11(18)20/h1-3,6,17H,4-5,7H2,(H,16,20). The van der Waals surface area contributed by atoms with Crippen LogP contribution in [0.2, 0.25) is 0 Å². The van der Waals surface area contributed by atoms with Gasteiger partial charge in [0.05, 0.1) is 6.54 Å². The predicted octanol–water partition coefficient (Wildman–Crippen LogP) is 1.55. The average Bonchev–Trinajstić information content (AvgIpc) is 2.81. The number of amides is 3. The fourth-order valence-electron chi connectivity index (χ4n) is 1.79. The number of carbonyl (C=O) groups excluding carboxylic acids is 2. The number of halogens is 3. The summed E-state index contributed by atoms with van der Waals surface area (Å²) in [6.45, 7) is 0.457. The van der Waals surface area contributed by atoms with E-state index < -0.39 is 18.3 Å². The van der Waals surface area contributed by atoms with Crippen LogP contribution in [-0.4, -0.2) is 42.8 Å². The third kappa shape index (κ3) is 4.26. The van der Waals surface area contributed by atoms with Crippen molar-refractivity contribution >= 4 is 17.6 Å². The van der Waals surface area contributed by atoms with Crippen LogP contribution in [0.1, 0.15) is 0 Å². The number of rotatable bonds is 4. The Bertz CT molecular complexity index is 548. The van der Waals surface area contributed by atoms with Gasteiger partial charge >= 0.3 is 12.4 Å². The minimum atomic E-state index is -4.78. The van der Waals surface area contributed by atoms with Crippen molar-refractivity contribution in [3.8, 4) is 5.75 Å². The second-order valence-electron chi connectivity index (χ2n) is 4.21. The molecule has 0 unspecified atom stereocenters. The molecule has 0 aliphatic carbocycles. The maximum atomic E-state index is 12.1. The highest BCUT2D eigenvalue weighted by Crippen LogP contribution is 2.24. The molecule has 9 heteroatoms. The Balaban J connectivity index is 1.92. The number of hydrogen-bond acceptors (Lipinski definition) is 4. The number of imide groups is 1. The lowest BCUT2D eigenvalue weighted by Crippen LogP contribution is -2.38. The van der Waals surface area contributed by atoms with E-state index in [-0.39, 0.29) is 24.5 Å². The molecule has 1 fully saturated rings. The maximum Gasteiger partial charge on any atom is 0.573 e. The van der Waals surface area contributed by atoms with Gasteiger partial charge in [-0.25, -0.2) is 4.79 Å². The van der Waals surface area contributed by atoms with Crippen LogP contribution in [0.15, 0.2) is 24.3 Å². The number of nitrogens with one attached hydrogen (secondary N) is 2. The summed E-state index contributed by atoms with van der Waals surface area (Å²) >= 11 is 0. The summed E-state index contributed by atoms with van der Waals surface area (Å²) in [6, 6.07) is 4.63. The molecule has 0 aromatic heterocycles. The van der Waals surface area contributed by atoms with Crippen LogP contribution in [0.5, 0.6) is 5.75 Å². The van der Waals surface area contributed by atoms with Crippen molar-refractivity contribution in [1.82, 2.24) is 10.2 Å². The number of benzene rings is 1. The number of carbonyl (C=O) groups is 2. The molecular formula is C12H12F3N3O3. The van der Waals surface area contributed by atoms with E-state index in [1.807, 2.05) is 0 Å². The molecule has 1 aromatic rings. The van der Waals surface area contributed by atoms with Crippen LogP contribution in [0.25, 0.3) is 0 Å². The van der Waals surface area contributed by atoms with E-state index in [1.165, 1.54) is 12.1 Å². The lowest BCUT2D eigenvalue weighted by Gasteiger charge is -2.14. The van der Waals surface area contributed by atoms with E-state index in [4.69, 9.17) is 0 Å². The summed E-state index contributed by atoms with van der Waals surface area (Å²) in [5.41, 5.74) is 0.282. The fourth-order valence-corrected chi connectivity index (χ4v) is 1.79. The highest BCUT2D eigenvalue weighted by Gasteiger charge is 2.31. The monoisotopic (exact) mass is 303 g/mol. The topological polar surface area (TPSA) is 70.7 Å². The Morgan fingerprint density at radius 1 is 1.43 bits per heavy atom. The molecule has 21 heavy (non-hydrogen) atoms. The van der Waals surface area contributed by atoms with E-state index >= 15 is 0 Å². The zero-order valence-corrected chi connectivity index (χ0v) is 10.7. The molecule has 1 aliphatic heterocycles. The zero-order chi connectivity index (χ0) is 15.5. The number of anilines is 1. The SMILES string of the molecule is O=C(CNc1cccc(OC(F)(F)F)c1)N1CCNC1=O. The van der Waals surface area contributed by atoms with Gasteiger partial charge in [0.1, 0.15) is 5.75 Å². The van der Waals surface area contributed by atoms with Crippen molar-refractivity contribution in [2.45, 2.75) is 6.36 Å². The minimum Gasteiger partial charge on any atom is -0.406 e. The second kappa shape index (κ2) is 5.90. The van der Waals surface area contributed by atoms with Crippen molar-refractivity contribution in [2.75, 3.05) is 25.0 Å². The van der Waals surface area contributed by atoms with E-state index in [2.05, 4.69) is 15.4 Å². The number of nitrogens with zero attached hydrogens (tertiary/aromatic N) is 1. The van der Waals surface area contributed by atoms with Crippen LogP contribution >= 0.6 is 0 Å². The van der Waals surface area contributed by atoms with Gasteiger partial charge in [0, 0.05) is 24.8 Å². The maximum absolute atomic E-state index is 12.1. The molecule has 3 amide bonds. The van der Waals surface area contributed by atoms with Crippen LogP contribution < -0.4 is 15.4 Å². The number of ether oxygens (including phenoxy) is 1. The molecule has 0 saturated carbocycles. The highest BCUT2D eigenvalue weighted by molar-refractivity contribution is 5.97. The first-order valence-corrected chi connectivity index (χ1v) is 6.03. The third-order valence-corrected chi connectivity index (χ3v) is 2.67. The van der Waals surface area contributed by atoms with Gasteiger partial charge in [-0.15, -0.1) is 13.2 Å². The minimum absolute atomic E-state index is 0.205. The molecule has 1 heterocycles. The summed E-state index contributed by atoms with van der Waals surface area (Å²) in [5, 5.41) is 5.13.